The molecular formula is C12H20O12. The van der Waals surface area contributed by atoms with Crippen molar-refractivity contribution in [3.63, 3.8) is 0 Å². The fraction of sp³-hybridized carbons (Fsp3) is 0.750. The number of hydrogen-bond acceptors (Lipinski definition) is 11. The van der Waals surface area contributed by atoms with Gasteiger partial charge in [0.15, 0.2) is 6.10 Å². The van der Waals surface area contributed by atoms with Gasteiger partial charge in [0.2, 0.25) is 11.6 Å². The van der Waals surface area contributed by atoms with Crippen LogP contribution in [0.25, 0.3) is 0 Å². The third-order valence-electron chi connectivity index (χ3n) is 3.20. The van der Waals surface area contributed by atoms with E-state index < -0.39 is 66.4 Å². The molecule has 0 radical (unpaired) electrons. The highest BCUT2D eigenvalue weighted by atomic mass is 16.4. The van der Waals surface area contributed by atoms with E-state index in [1.54, 1.807) is 0 Å². The van der Waals surface area contributed by atoms with Crippen molar-refractivity contribution < 1.29 is 60.3 Å². The standard InChI is InChI=1S/C12H20O12/c1-2(13)3(14)4(15)5(16)6(17)7(18)8(19)9(20)10(21)11(22)12(23)24/h2-6,9-11,13-17,20-22H,1H3,(H,23,24)/t2-,3-,4+,5-,6?,9-,10+,11+/m1/s1. The molecule has 0 fully saturated rings. The summed E-state index contributed by atoms with van der Waals surface area (Å²) in [6, 6.07) is 0. The van der Waals surface area contributed by atoms with Gasteiger partial charge in [-0.05, 0) is 6.92 Å². The van der Waals surface area contributed by atoms with Gasteiger partial charge in [0.25, 0.3) is 0 Å². The van der Waals surface area contributed by atoms with Crippen LogP contribution >= 0.6 is 0 Å². The highest BCUT2D eigenvalue weighted by molar-refractivity contribution is 6.40. The summed E-state index contributed by atoms with van der Waals surface area (Å²) < 4.78 is 0. The Morgan fingerprint density at radius 1 is 0.583 bits per heavy atom. The van der Waals surface area contributed by atoms with Gasteiger partial charge in [0.1, 0.15) is 36.6 Å². The second kappa shape index (κ2) is 9.10. The molecule has 0 aliphatic heterocycles. The van der Waals surface area contributed by atoms with Gasteiger partial charge in [-0.15, -0.1) is 0 Å². The number of aliphatic hydroxyl groups excluding tert-OH is 8. The molecular weight excluding hydrogens is 336 g/mol. The highest BCUT2D eigenvalue weighted by Gasteiger charge is 2.43. The Kier molecular flexibility index (Phi) is 8.53. The number of Topliss-reactive ketones (excluding diaryl/α,β-unsaturated/α-hetero) is 2. The van der Waals surface area contributed by atoms with Crippen molar-refractivity contribution in [2.75, 3.05) is 0 Å². The molecule has 0 saturated heterocycles. The summed E-state index contributed by atoms with van der Waals surface area (Å²) in [5.74, 6) is -5.88. The number of ketones is 2. The maximum atomic E-state index is 11.6. The summed E-state index contributed by atoms with van der Waals surface area (Å²) in [5.41, 5.74) is 0. The van der Waals surface area contributed by atoms with Crippen molar-refractivity contribution in [3.8, 4) is 0 Å². The number of carboxylic acids is 1. The molecule has 9 N–H and O–H groups in total. The van der Waals surface area contributed by atoms with Gasteiger partial charge in [0.05, 0.1) is 6.10 Å². The highest BCUT2D eigenvalue weighted by Crippen LogP contribution is 2.11. The van der Waals surface area contributed by atoms with Crippen molar-refractivity contribution >= 4 is 17.5 Å². The molecule has 0 aromatic heterocycles. The van der Waals surface area contributed by atoms with Crippen LogP contribution in [0.4, 0.5) is 0 Å². The normalized spacial score (nSPS) is 21.7. The first kappa shape index (κ1) is 22.5. The average Bonchev–Trinajstić information content (AvgIpc) is 2.55. The third-order valence-corrected chi connectivity index (χ3v) is 3.20. The number of hydrogen-bond donors (Lipinski definition) is 9. The fourth-order valence-electron chi connectivity index (χ4n) is 1.59. The topological polar surface area (TPSA) is 233 Å². The van der Waals surface area contributed by atoms with E-state index >= 15 is 0 Å². The molecule has 12 nitrogen and oxygen atoms in total. The Bertz CT molecular complexity index is 463. The molecule has 0 heterocycles. The first-order valence-electron chi connectivity index (χ1n) is 6.59. The molecule has 0 bridgehead atoms. The Morgan fingerprint density at radius 2 is 0.958 bits per heavy atom. The SMILES string of the molecule is C[C@@H](O)[C@@H](O)[C@H](O)[C@@H](O)C(O)C(=O)C(=O)[C@@H](O)[C@H](O)[C@H](O)C(=O)O. The van der Waals surface area contributed by atoms with Crippen molar-refractivity contribution in [1.82, 2.24) is 0 Å². The van der Waals surface area contributed by atoms with Crippen LogP contribution < -0.4 is 0 Å². The lowest BCUT2D eigenvalue weighted by molar-refractivity contribution is -0.168. The van der Waals surface area contributed by atoms with Crippen molar-refractivity contribution in [2.24, 2.45) is 0 Å². The van der Waals surface area contributed by atoms with Crippen LogP contribution in [-0.2, 0) is 14.4 Å². The number of rotatable bonds is 10. The van der Waals surface area contributed by atoms with E-state index in [-0.39, 0.29) is 0 Å². The minimum absolute atomic E-state index is 1.02. The molecule has 0 spiro atoms. The van der Waals surface area contributed by atoms with Gasteiger partial charge >= 0.3 is 5.97 Å². The van der Waals surface area contributed by atoms with E-state index in [0.29, 0.717) is 0 Å². The molecule has 24 heavy (non-hydrogen) atoms. The Morgan fingerprint density at radius 3 is 1.29 bits per heavy atom. The summed E-state index contributed by atoms with van der Waals surface area (Å²) >= 11 is 0. The molecule has 8 atom stereocenters. The monoisotopic (exact) mass is 356 g/mol. The smallest absolute Gasteiger partial charge is 0.335 e. The third kappa shape index (κ3) is 5.25. The van der Waals surface area contributed by atoms with Crippen molar-refractivity contribution in [1.29, 1.82) is 0 Å². The van der Waals surface area contributed by atoms with Crippen LogP contribution in [0.15, 0.2) is 0 Å². The molecule has 0 amide bonds. The van der Waals surface area contributed by atoms with Gasteiger partial charge in [0, 0.05) is 0 Å². The van der Waals surface area contributed by atoms with Gasteiger partial charge in [-0.3, -0.25) is 9.59 Å². The minimum Gasteiger partial charge on any atom is -0.479 e. The van der Waals surface area contributed by atoms with Crippen LogP contribution in [0, 0.1) is 0 Å². The van der Waals surface area contributed by atoms with Gasteiger partial charge in [-0.25, -0.2) is 4.79 Å². The zero-order chi connectivity index (χ0) is 19.4. The molecule has 0 aromatic carbocycles. The maximum Gasteiger partial charge on any atom is 0.335 e. The quantitative estimate of drug-likeness (QED) is 0.166. The van der Waals surface area contributed by atoms with E-state index in [4.69, 9.17) is 15.3 Å². The first-order chi connectivity index (χ1) is 10.8. The van der Waals surface area contributed by atoms with Crippen molar-refractivity contribution in [3.05, 3.63) is 0 Å². The maximum absolute atomic E-state index is 11.6. The van der Waals surface area contributed by atoms with Crippen molar-refractivity contribution in [2.45, 2.75) is 55.8 Å². The number of aliphatic carboxylic acids is 1. The molecule has 0 aliphatic carbocycles. The second-order valence-electron chi connectivity index (χ2n) is 5.10. The predicted octanol–water partition coefficient (Wildman–Crippen LogP) is -5.88. The lowest BCUT2D eigenvalue weighted by Gasteiger charge is -2.27. The number of carbonyl (C=O) groups is 3. The summed E-state index contributed by atoms with van der Waals surface area (Å²) in [6.07, 6.45) is -18.8. The van der Waals surface area contributed by atoms with E-state index in [1.165, 1.54) is 0 Å². The summed E-state index contributed by atoms with van der Waals surface area (Å²) in [5, 5.41) is 82.8. The van der Waals surface area contributed by atoms with E-state index in [0.717, 1.165) is 6.92 Å². The molecule has 12 heteroatoms. The Balaban J connectivity index is 5.06. The minimum atomic E-state index is -2.73. The second-order valence-corrected chi connectivity index (χ2v) is 5.10. The van der Waals surface area contributed by atoms with Crippen LogP contribution in [0.2, 0.25) is 0 Å². The largest absolute Gasteiger partial charge is 0.479 e. The summed E-state index contributed by atoms with van der Waals surface area (Å²) in [6.45, 7) is 1.02. The fourth-order valence-corrected chi connectivity index (χ4v) is 1.59. The molecule has 1 unspecified atom stereocenters. The molecule has 0 aliphatic rings. The average molecular weight is 356 g/mol. The Labute approximate surface area is 134 Å². The summed E-state index contributed by atoms with van der Waals surface area (Å²) in [4.78, 5) is 33.6. The molecule has 0 rings (SSSR count). The van der Waals surface area contributed by atoms with E-state index in [2.05, 4.69) is 0 Å². The van der Waals surface area contributed by atoms with Gasteiger partial charge in [-0.2, -0.15) is 0 Å². The zero-order valence-electron chi connectivity index (χ0n) is 12.4. The summed E-state index contributed by atoms with van der Waals surface area (Å²) in [7, 11) is 0. The van der Waals surface area contributed by atoms with E-state index in [1.807, 2.05) is 0 Å². The predicted molar refractivity (Wildman–Crippen MR) is 71.4 cm³/mol. The number of aliphatic hydroxyl groups is 8. The number of carbonyl (C=O) groups excluding carboxylic acids is 2. The Hall–Kier alpha value is -1.51. The van der Waals surface area contributed by atoms with Gasteiger partial charge in [-0.1, -0.05) is 0 Å². The molecule has 0 saturated carbocycles. The van der Waals surface area contributed by atoms with Gasteiger partial charge < -0.3 is 46.0 Å². The first-order valence-corrected chi connectivity index (χ1v) is 6.59. The van der Waals surface area contributed by atoms with Crippen LogP contribution in [0.3, 0.4) is 0 Å². The number of carboxylic acid groups (broad SMARTS) is 1. The molecule has 0 aromatic rings. The lowest BCUT2D eigenvalue weighted by atomic mass is 9.93. The molecule has 140 valence electrons. The lowest BCUT2D eigenvalue weighted by Crippen LogP contribution is -2.55. The van der Waals surface area contributed by atoms with Crippen LogP contribution in [-0.4, -0.2) is 112 Å². The van der Waals surface area contributed by atoms with Crippen LogP contribution in [0.5, 0.6) is 0 Å². The van der Waals surface area contributed by atoms with E-state index in [9.17, 15) is 45.0 Å². The van der Waals surface area contributed by atoms with Crippen LogP contribution in [0.1, 0.15) is 6.92 Å². The zero-order valence-corrected chi connectivity index (χ0v) is 12.4.